The lowest BCUT2D eigenvalue weighted by atomic mass is 9.68. The second kappa shape index (κ2) is 9.08. The lowest BCUT2D eigenvalue weighted by Gasteiger charge is -2.60. The van der Waals surface area contributed by atoms with Crippen LogP contribution in [-0.4, -0.2) is 47.2 Å². The molecule has 4 unspecified atom stereocenters. The Morgan fingerprint density at radius 2 is 1.79 bits per heavy atom. The summed E-state index contributed by atoms with van der Waals surface area (Å²) in [5.41, 5.74) is 0.285. The molecule has 0 N–H and O–H groups in total. The first-order valence-corrected chi connectivity index (χ1v) is 10.3. The van der Waals surface area contributed by atoms with Crippen LogP contribution >= 0.6 is 0 Å². The van der Waals surface area contributed by atoms with E-state index in [2.05, 4.69) is 39.5 Å². The molecule has 1 aliphatic heterocycles. The lowest BCUT2D eigenvalue weighted by molar-refractivity contribution is -0.155. The molecule has 0 bridgehead atoms. The van der Waals surface area contributed by atoms with Crippen molar-refractivity contribution in [1.29, 1.82) is 0 Å². The molecule has 4 atom stereocenters. The van der Waals surface area contributed by atoms with Gasteiger partial charge in [-0.1, -0.05) is 39.0 Å². The number of carbonyl (C=O) groups is 2. The molecule has 2 rings (SSSR count). The number of carbonyl (C=O) groups excluding carboxylic acids is 2. The predicted octanol–water partition coefficient (Wildman–Crippen LogP) is 4.45. The summed E-state index contributed by atoms with van der Waals surface area (Å²) in [4.78, 5) is 26.4. The van der Waals surface area contributed by atoms with E-state index in [-0.39, 0.29) is 35.0 Å². The van der Waals surface area contributed by atoms with E-state index in [1.54, 1.807) is 12.1 Å². The van der Waals surface area contributed by atoms with Gasteiger partial charge < -0.3 is 9.47 Å². The Morgan fingerprint density at radius 3 is 2.32 bits per heavy atom. The molecule has 28 heavy (non-hydrogen) atoms. The van der Waals surface area contributed by atoms with Gasteiger partial charge in [0.25, 0.3) is 0 Å². The van der Waals surface area contributed by atoms with Gasteiger partial charge in [-0.15, -0.1) is 0 Å². The predicted molar refractivity (Wildman–Crippen MR) is 110 cm³/mol. The first kappa shape index (κ1) is 22.4. The molecule has 0 aliphatic carbocycles. The largest absolute Gasteiger partial charge is 0.465 e. The van der Waals surface area contributed by atoms with Crippen LogP contribution in [-0.2, 0) is 14.3 Å². The highest BCUT2D eigenvalue weighted by molar-refractivity contribution is 5.89. The van der Waals surface area contributed by atoms with Crippen LogP contribution in [0.15, 0.2) is 30.3 Å². The average Bonchev–Trinajstić information content (AvgIpc) is 2.69. The van der Waals surface area contributed by atoms with Crippen molar-refractivity contribution in [3.05, 3.63) is 35.9 Å². The van der Waals surface area contributed by atoms with Gasteiger partial charge in [0.15, 0.2) is 0 Å². The van der Waals surface area contributed by atoms with Crippen molar-refractivity contribution in [2.45, 2.75) is 78.0 Å². The number of hydrogen-bond acceptors (Lipinski definition) is 5. The van der Waals surface area contributed by atoms with Gasteiger partial charge in [0.1, 0.15) is 12.7 Å². The third kappa shape index (κ3) is 4.57. The molecule has 1 aromatic carbocycles. The highest BCUT2D eigenvalue weighted by atomic mass is 16.5. The summed E-state index contributed by atoms with van der Waals surface area (Å²) in [5.74, 6) is -0.360. The zero-order chi connectivity index (χ0) is 20.9. The van der Waals surface area contributed by atoms with Crippen LogP contribution < -0.4 is 0 Å². The fraction of sp³-hybridized carbons (Fsp3) is 0.652. The summed E-state index contributed by atoms with van der Waals surface area (Å²) in [6, 6.07) is 9.18. The molecule has 1 aliphatic rings. The van der Waals surface area contributed by atoms with E-state index in [0.717, 1.165) is 19.3 Å². The van der Waals surface area contributed by atoms with Crippen molar-refractivity contribution >= 4 is 11.9 Å². The standard InChI is InChI=1S/C23H35NO4/c1-7-22(5)16-20(28-21(26)19-12-10-9-11-13-19)17(3)23(6,8-2)24(22)14-15-27-18(4)25/h9-13,17,20H,7-8,14-16H2,1-6H3. The smallest absolute Gasteiger partial charge is 0.338 e. The number of hydrogen-bond donors (Lipinski definition) is 0. The van der Waals surface area contributed by atoms with Gasteiger partial charge in [-0.3, -0.25) is 9.69 Å². The summed E-state index contributed by atoms with van der Waals surface area (Å²) < 4.78 is 11.3. The Kier molecular flexibility index (Phi) is 7.27. The molecule has 0 amide bonds. The Bertz CT molecular complexity index is 676. The second-order valence-corrected chi connectivity index (χ2v) is 8.36. The topological polar surface area (TPSA) is 55.8 Å². The van der Waals surface area contributed by atoms with Crippen LogP contribution in [0.3, 0.4) is 0 Å². The van der Waals surface area contributed by atoms with Crippen LogP contribution in [0.2, 0.25) is 0 Å². The van der Waals surface area contributed by atoms with Gasteiger partial charge in [-0.2, -0.15) is 0 Å². The third-order valence-corrected chi connectivity index (χ3v) is 6.81. The molecule has 0 radical (unpaired) electrons. The first-order valence-electron chi connectivity index (χ1n) is 10.3. The number of piperidine rings is 1. The van der Waals surface area contributed by atoms with E-state index in [9.17, 15) is 9.59 Å². The minimum atomic E-state index is -0.261. The summed E-state index contributed by atoms with van der Waals surface area (Å²) in [6.45, 7) is 13.5. The van der Waals surface area contributed by atoms with E-state index in [4.69, 9.17) is 9.47 Å². The Balaban J connectivity index is 2.25. The molecule has 0 aromatic heterocycles. The molecule has 1 fully saturated rings. The molecule has 1 heterocycles. The van der Waals surface area contributed by atoms with E-state index < -0.39 is 0 Å². The lowest BCUT2D eigenvalue weighted by Crippen LogP contribution is -2.68. The van der Waals surface area contributed by atoms with E-state index >= 15 is 0 Å². The van der Waals surface area contributed by atoms with Crippen molar-refractivity contribution in [3.8, 4) is 0 Å². The zero-order valence-electron chi connectivity index (χ0n) is 18.2. The maximum Gasteiger partial charge on any atom is 0.338 e. The van der Waals surface area contributed by atoms with Crippen LogP contribution in [0.4, 0.5) is 0 Å². The maximum atomic E-state index is 12.7. The fourth-order valence-electron chi connectivity index (χ4n) is 4.56. The van der Waals surface area contributed by atoms with Crippen molar-refractivity contribution < 1.29 is 19.1 Å². The van der Waals surface area contributed by atoms with E-state index in [1.165, 1.54) is 6.92 Å². The zero-order valence-corrected chi connectivity index (χ0v) is 18.2. The average molecular weight is 390 g/mol. The summed E-state index contributed by atoms with van der Waals surface area (Å²) >= 11 is 0. The molecular weight excluding hydrogens is 354 g/mol. The summed E-state index contributed by atoms with van der Waals surface area (Å²) in [5, 5.41) is 0. The molecule has 5 nitrogen and oxygen atoms in total. The number of nitrogens with zero attached hydrogens (tertiary/aromatic N) is 1. The highest BCUT2D eigenvalue weighted by Crippen LogP contribution is 2.46. The van der Waals surface area contributed by atoms with Crippen LogP contribution in [0.1, 0.15) is 71.2 Å². The Labute approximate surface area is 169 Å². The van der Waals surface area contributed by atoms with E-state index in [1.807, 2.05) is 18.2 Å². The van der Waals surface area contributed by atoms with Crippen molar-refractivity contribution in [3.63, 3.8) is 0 Å². The minimum absolute atomic E-state index is 0.140. The normalized spacial score (nSPS) is 30.6. The molecule has 0 saturated carbocycles. The second-order valence-electron chi connectivity index (χ2n) is 8.36. The Morgan fingerprint density at radius 1 is 1.14 bits per heavy atom. The molecule has 1 saturated heterocycles. The highest BCUT2D eigenvalue weighted by Gasteiger charge is 2.53. The van der Waals surface area contributed by atoms with Crippen molar-refractivity contribution in [2.75, 3.05) is 13.2 Å². The number of rotatable bonds is 7. The molecule has 5 heteroatoms. The van der Waals surface area contributed by atoms with E-state index in [0.29, 0.717) is 18.7 Å². The third-order valence-electron chi connectivity index (χ3n) is 6.81. The summed E-state index contributed by atoms with van der Waals surface area (Å²) in [7, 11) is 0. The Hall–Kier alpha value is -1.88. The molecular formula is C23H35NO4. The maximum absolute atomic E-state index is 12.7. The van der Waals surface area contributed by atoms with Gasteiger partial charge >= 0.3 is 11.9 Å². The van der Waals surface area contributed by atoms with Crippen molar-refractivity contribution in [1.82, 2.24) is 4.90 Å². The van der Waals surface area contributed by atoms with Crippen LogP contribution in [0, 0.1) is 5.92 Å². The molecule has 0 spiro atoms. The number of esters is 2. The quantitative estimate of drug-likeness (QED) is 0.645. The summed E-state index contributed by atoms with van der Waals surface area (Å²) in [6.07, 6.45) is 2.45. The molecule has 1 aromatic rings. The number of likely N-dealkylation sites (tertiary alicyclic amines) is 1. The first-order chi connectivity index (χ1) is 13.2. The van der Waals surface area contributed by atoms with Crippen molar-refractivity contribution in [2.24, 2.45) is 5.92 Å². The SMILES string of the molecule is CCC1(C)CC(OC(=O)c2ccccc2)C(C)C(C)(CC)N1CCOC(C)=O. The van der Waals surface area contributed by atoms with Gasteiger partial charge in [-0.25, -0.2) is 4.79 Å². The monoisotopic (exact) mass is 389 g/mol. The van der Waals surface area contributed by atoms with Gasteiger partial charge in [0.2, 0.25) is 0 Å². The fourth-order valence-corrected chi connectivity index (χ4v) is 4.56. The number of ether oxygens (including phenoxy) is 2. The van der Waals surface area contributed by atoms with Crippen LogP contribution in [0.5, 0.6) is 0 Å². The number of benzene rings is 1. The van der Waals surface area contributed by atoms with Gasteiger partial charge in [-0.05, 0) is 38.8 Å². The van der Waals surface area contributed by atoms with Gasteiger partial charge in [0.05, 0.1) is 5.56 Å². The molecule has 156 valence electrons. The van der Waals surface area contributed by atoms with Crippen LogP contribution in [0.25, 0.3) is 0 Å². The minimum Gasteiger partial charge on any atom is -0.465 e. The van der Waals surface area contributed by atoms with Gasteiger partial charge in [0, 0.05) is 36.9 Å².